The average molecular weight is 552 g/mol. The van der Waals surface area contributed by atoms with Crippen molar-refractivity contribution in [2.24, 2.45) is 4.99 Å². The van der Waals surface area contributed by atoms with E-state index in [0.29, 0.717) is 18.9 Å². The highest BCUT2D eigenvalue weighted by atomic mass is 32.2. The molecule has 1 amide bonds. The molecule has 2 aliphatic rings. The molecule has 0 unspecified atom stereocenters. The number of hydrogen-bond donors (Lipinski definition) is 1. The smallest absolute Gasteiger partial charge is 0.289 e. The predicted octanol–water partition coefficient (Wildman–Crippen LogP) is 4.51. The molecule has 0 atom stereocenters. The second-order valence-corrected chi connectivity index (χ2v) is 15.0. The molecule has 0 saturated carbocycles. The van der Waals surface area contributed by atoms with Crippen LogP contribution in [0.15, 0.2) is 59.7 Å². The topological polar surface area (TPSA) is 60.8 Å². The Morgan fingerprint density at radius 2 is 1.66 bits per heavy atom. The summed E-state index contributed by atoms with van der Waals surface area (Å²) in [6.45, 7) is 9.25. The minimum Gasteiger partial charge on any atom is -0.342 e. The Kier molecular flexibility index (Phi) is 9.06. The van der Waals surface area contributed by atoms with Gasteiger partial charge in [-0.1, -0.05) is 36.4 Å². The van der Waals surface area contributed by atoms with E-state index < -0.39 is 0 Å². The highest BCUT2D eigenvalue weighted by Gasteiger charge is 2.40. The molecule has 1 saturated heterocycles. The van der Waals surface area contributed by atoms with E-state index in [4.69, 9.17) is 4.98 Å². The molecule has 2 aliphatic heterocycles. The van der Waals surface area contributed by atoms with Crippen molar-refractivity contribution in [3.05, 3.63) is 71.7 Å². The van der Waals surface area contributed by atoms with Crippen molar-refractivity contribution in [2.45, 2.75) is 32.7 Å². The van der Waals surface area contributed by atoms with Crippen molar-refractivity contribution < 1.29 is 4.79 Å². The van der Waals surface area contributed by atoms with Gasteiger partial charge < -0.3 is 10.2 Å². The van der Waals surface area contributed by atoms with Crippen molar-refractivity contribution in [3.63, 3.8) is 0 Å². The van der Waals surface area contributed by atoms with Gasteiger partial charge in [0, 0.05) is 32.4 Å². The number of benzene rings is 1. The van der Waals surface area contributed by atoms with Crippen molar-refractivity contribution in [2.75, 3.05) is 51.2 Å². The molecule has 38 heavy (non-hydrogen) atoms. The van der Waals surface area contributed by atoms with Gasteiger partial charge in [-0.05, 0) is 80.3 Å². The first-order chi connectivity index (χ1) is 18.1. The largest absolute Gasteiger partial charge is 0.342 e. The molecule has 4 rings (SSSR count). The molecule has 1 N–H and O–H groups in total. The Labute approximate surface area is 233 Å². The van der Waals surface area contributed by atoms with Crippen LogP contribution in [0.5, 0.6) is 0 Å². The number of amidine groups is 1. The highest BCUT2D eigenvalue weighted by Crippen LogP contribution is 2.26. The first-order valence-electron chi connectivity index (χ1n) is 13.0. The van der Waals surface area contributed by atoms with Gasteiger partial charge >= 0.3 is 0 Å². The summed E-state index contributed by atoms with van der Waals surface area (Å²) in [6, 6.07) is 16.7. The Morgan fingerprint density at radius 3 is 2.32 bits per heavy atom. The minimum absolute atomic E-state index is 0.00770. The number of pyridine rings is 1. The SMILES string of the molecule is CC(c1cccc(C(N2CCN(C(=O)C3=NCCC(c4ccccc4)=CN3)C(C)(C)C2)=S(C)C)n1)=S(C)C. The molecule has 8 heteroatoms. The third-order valence-corrected chi connectivity index (χ3v) is 9.82. The summed E-state index contributed by atoms with van der Waals surface area (Å²) in [7, 11) is 0.188. The van der Waals surface area contributed by atoms with E-state index in [1.165, 1.54) is 15.4 Å². The number of nitrogens with one attached hydrogen (secondary N) is 1. The van der Waals surface area contributed by atoms with Crippen LogP contribution in [0.1, 0.15) is 44.1 Å². The van der Waals surface area contributed by atoms with Gasteiger partial charge in [0.1, 0.15) is 0 Å². The molecule has 1 aromatic carbocycles. The first kappa shape index (κ1) is 28.5. The number of rotatable bonds is 4. The zero-order chi connectivity index (χ0) is 27.4. The molecule has 6 nitrogen and oxygen atoms in total. The lowest BCUT2D eigenvalue weighted by Crippen LogP contribution is -2.64. The van der Waals surface area contributed by atoms with Gasteiger partial charge in [-0.2, -0.15) is 21.0 Å². The Hall–Kier alpha value is -2.55. The second-order valence-electron chi connectivity index (χ2n) is 10.8. The Morgan fingerprint density at radius 1 is 0.947 bits per heavy atom. The monoisotopic (exact) mass is 551 g/mol. The highest BCUT2D eigenvalue weighted by molar-refractivity contribution is 8.15. The molecule has 204 valence electrons. The maximum Gasteiger partial charge on any atom is 0.289 e. The normalized spacial score (nSPS) is 18.0. The zero-order valence-electron chi connectivity index (χ0n) is 23.7. The van der Waals surface area contributed by atoms with Crippen LogP contribution in [0.4, 0.5) is 0 Å². The standard InChI is InChI=1S/C30H41N5OS2/c1-22(37(4)5)25-14-11-15-26(33-25)29(38(6)7)34-18-19-35(30(2,3)21-34)28(36)27-31-17-16-24(20-32-27)23-12-9-8-10-13-23/h8-15,20H,16-19,21H2,1-7H3,(H,31,32). The van der Waals surface area contributed by atoms with Gasteiger partial charge in [-0.3, -0.25) is 14.7 Å². The first-order valence-corrected chi connectivity index (χ1v) is 17.1. The Balaban J connectivity index is 1.52. The van der Waals surface area contributed by atoms with Crippen LogP contribution in [0.3, 0.4) is 0 Å². The summed E-state index contributed by atoms with van der Waals surface area (Å²) in [5, 5.41) is 3.24. The molecule has 0 spiro atoms. The fourth-order valence-corrected chi connectivity index (χ4v) is 6.73. The summed E-state index contributed by atoms with van der Waals surface area (Å²) in [5.74, 6) is 0.402. The Bertz CT molecular complexity index is 1320. The summed E-state index contributed by atoms with van der Waals surface area (Å²) in [5.41, 5.74) is 4.09. The minimum atomic E-state index is -0.360. The van der Waals surface area contributed by atoms with Crippen molar-refractivity contribution >= 4 is 48.1 Å². The summed E-state index contributed by atoms with van der Waals surface area (Å²) >= 11 is 0. The summed E-state index contributed by atoms with van der Waals surface area (Å²) in [6.07, 6.45) is 11.7. The molecule has 0 bridgehead atoms. The van der Waals surface area contributed by atoms with Crippen LogP contribution < -0.4 is 5.32 Å². The molecule has 0 aliphatic carbocycles. The lowest BCUT2D eigenvalue weighted by Gasteiger charge is -2.47. The van der Waals surface area contributed by atoms with Crippen LogP contribution in [0.2, 0.25) is 0 Å². The van der Waals surface area contributed by atoms with Crippen LogP contribution in [0.25, 0.3) is 5.57 Å². The van der Waals surface area contributed by atoms with Gasteiger partial charge in [0.15, 0.2) is 5.84 Å². The number of piperazine rings is 1. The van der Waals surface area contributed by atoms with Gasteiger partial charge in [-0.25, -0.2) is 4.98 Å². The number of carbonyl (C=O) groups is 1. The lowest BCUT2D eigenvalue weighted by atomic mass is 9.98. The van der Waals surface area contributed by atoms with E-state index in [1.807, 2.05) is 29.3 Å². The van der Waals surface area contributed by atoms with E-state index in [1.54, 1.807) is 0 Å². The fourth-order valence-electron chi connectivity index (χ4n) is 4.99. The molecule has 1 aromatic heterocycles. The van der Waals surface area contributed by atoms with E-state index >= 15 is 0 Å². The van der Waals surface area contributed by atoms with Crippen LogP contribution >= 0.6 is 21.0 Å². The van der Waals surface area contributed by atoms with E-state index in [0.717, 1.165) is 36.5 Å². The summed E-state index contributed by atoms with van der Waals surface area (Å²) < 4.78 is 0. The molecular formula is C30H41N5OS2. The average Bonchev–Trinajstić information content (AvgIpc) is 3.14. The quantitative estimate of drug-likeness (QED) is 0.449. The predicted molar refractivity (Wildman–Crippen MR) is 169 cm³/mol. The maximum atomic E-state index is 13.7. The van der Waals surface area contributed by atoms with Crippen molar-refractivity contribution in [1.82, 2.24) is 20.1 Å². The van der Waals surface area contributed by atoms with Gasteiger partial charge in [-0.15, -0.1) is 0 Å². The van der Waals surface area contributed by atoms with Gasteiger partial charge in [0.05, 0.1) is 21.9 Å². The molecule has 0 radical (unpaired) electrons. The van der Waals surface area contributed by atoms with Gasteiger partial charge in [0.25, 0.3) is 5.91 Å². The molecular weight excluding hydrogens is 510 g/mol. The number of nitrogens with zero attached hydrogens (tertiary/aromatic N) is 4. The van der Waals surface area contributed by atoms with E-state index in [2.05, 4.69) is 91.3 Å². The molecule has 2 aromatic rings. The number of aromatic nitrogens is 1. The number of carbonyl (C=O) groups excluding carboxylic acids is 1. The van der Waals surface area contributed by atoms with Crippen LogP contribution in [-0.2, 0) is 4.79 Å². The molecule has 1 fully saturated rings. The fraction of sp³-hybridized carbons (Fsp3) is 0.433. The summed E-state index contributed by atoms with van der Waals surface area (Å²) in [4.78, 5) is 30.5. The number of aliphatic imine (C=N–C) groups is 1. The molecule has 3 heterocycles. The van der Waals surface area contributed by atoms with E-state index in [9.17, 15) is 4.79 Å². The maximum absolute atomic E-state index is 13.7. The third kappa shape index (κ3) is 6.35. The number of hydrogen-bond acceptors (Lipinski definition) is 4. The third-order valence-electron chi connectivity index (χ3n) is 7.14. The van der Waals surface area contributed by atoms with Crippen molar-refractivity contribution in [1.29, 1.82) is 0 Å². The lowest BCUT2D eigenvalue weighted by molar-refractivity contribution is -0.132. The van der Waals surface area contributed by atoms with Crippen LogP contribution in [0, 0.1) is 0 Å². The zero-order valence-corrected chi connectivity index (χ0v) is 25.4. The van der Waals surface area contributed by atoms with Crippen LogP contribution in [-0.4, -0.2) is 93.1 Å². The van der Waals surface area contributed by atoms with Crippen molar-refractivity contribution in [3.8, 4) is 0 Å². The second kappa shape index (κ2) is 12.1. The number of amides is 1. The van der Waals surface area contributed by atoms with Gasteiger partial charge in [0.2, 0.25) is 0 Å². The van der Waals surface area contributed by atoms with E-state index in [-0.39, 0.29) is 32.4 Å².